The molecule has 0 aromatic heterocycles. The van der Waals surface area contributed by atoms with Crippen molar-refractivity contribution in [3.05, 3.63) is 22.3 Å². The van der Waals surface area contributed by atoms with E-state index in [-0.39, 0.29) is 12.5 Å². The highest BCUT2D eigenvalue weighted by atomic mass is 16.5. The smallest absolute Gasteiger partial charge is 0.333 e. The van der Waals surface area contributed by atoms with Crippen LogP contribution in [-0.2, 0) is 11.2 Å². The van der Waals surface area contributed by atoms with Crippen LogP contribution in [-0.4, -0.2) is 35.3 Å². The van der Waals surface area contributed by atoms with Gasteiger partial charge in [-0.2, -0.15) is 0 Å². The van der Waals surface area contributed by atoms with E-state index in [0.29, 0.717) is 18.1 Å². The molecule has 7 heteroatoms. The number of nitrogens with zero attached hydrogens (tertiary/aromatic N) is 1. The number of carbonyl (C=O) groups excluding carboxylic acids is 1. The summed E-state index contributed by atoms with van der Waals surface area (Å²) in [6.45, 7) is 16.9. The summed E-state index contributed by atoms with van der Waals surface area (Å²) in [6.07, 6.45) is 10.7. The quantitative estimate of drug-likeness (QED) is 0.103. The first-order valence-corrected chi connectivity index (χ1v) is 15.0. The fourth-order valence-corrected chi connectivity index (χ4v) is 5.70. The van der Waals surface area contributed by atoms with E-state index in [4.69, 9.17) is 20.9 Å². The van der Waals surface area contributed by atoms with Crippen LogP contribution in [0.4, 0.5) is 0 Å². The van der Waals surface area contributed by atoms with Gasteiger partial charge in [-0.1, -0.05) is 72.6 Å². The van der Waals surface area contributed by atoms with E-state index in [1.165, 1.54) is 38.5 Å². The molecule has 0 aliphatic carbocycles. The number of hydrogen-bond donors (Lipinski definition) is 3. The number of benzene rings is 1. The van der Waals surface area contributed by atoms with Gasteiger partial charge < -0.3 is 26.0 Å². The van der Waals surface area contributed by atoms with E-state index in [0.717, 1.165) is 59.1 Å². The van der Waals surface area contributed by atoms with Gasteiger partial charge in [-0.3, -0.25) is 0 Å². The Morgan fingerprint density at radius 1 is 0.974 bits per heavy atom. The van der Waals surface area contributed by atoms with Crippen LogP contribution >= 0.6 is 0 Å². The number of nitrogens with two attached hydrogens (primary N) is 2. The van der Waals surface area contributed by atoms with Crippen molar-refractivity contribution in [2.45, 2.75) is 131 Å². The Bertz CT molecular complexity index is 986. The third-order valence-corrected chi connectivity index (χ3v) is 8.60. The van der Waals surface area contributed by atoms with Gasteiger partial charge in [-0.05, 0) is 75.0 Å². The predicted octanol–water partition coefficient (Wildman–Crippen LogP) is 6.28. The molecule has 1 aromatic carbocycles. The van der Waals surface area contributed by atoms with Crippen LogP contribution in [0.1, 0.15) is 115 Å². The van der Waals surface area contributed by atoms with Gasteiger partial charge in [0.05, 0.1) is 6.10 Å². The SMILES string of the molecule is Cc1c(C)c2c(c(C)c1OC(=O)CN=C(N)N)CC(O)C(C)(CCCC(C)CCCC(C)CCCC(C)C)O2. The average Bonchev–Trinajstić information content (AvgIpc) is 2.85. The summed E-state index contributed by atoms with van der Waals surface area (Å²) in [4.78, 5) is 16.0. The molecule has 0 saturated heterocycles. The molecule has 4 unspecified atom stereocenters. The van der Waals surface area contributed by atoms with Gasteiger partial charge in [0, 0.05) is 12.0 Å². The first kappa shape index (κ1) is 32.9. The van der Waals surface area contributed by atoms with Crippen LogP contribution in [0, 0.1) is 38.5 Å². The number of fused-ring (bicyclic) bond motifs is 1. The van der Waals surface area contributed by atoms with E-state index in [1.807, 2.05) is 27.7 Å². The highest BCUT2D eigenvalue weighted by Gasteiger charge is 2.41. The van der Waals surface area contributed by atoms with Gasteiger partial charge in [0.1, 0.15) is 23.6 Å². The normalized spacial score (nSPS) is 20.2. The van der Waals surface area contributed by atoms with Crippen molar-refractivity contribution in [1.29, 1.82) is 0 Å². The molecular weight excluding hydrogens is 490 g/mol. The zero-order valence-electron chi connectivity index (χ0n) is 25.9. The number of ether oxygens (including phenoxy) is 2. The van der Waals surface area contributed by atoms with Gasteiger partial charge in [0.2, 0.25) is 0 Å². The molecule has 4 atom stereocenters. The third-order valence-electron chi connectivity index (χ3n) is 8.60. The maximum absolute atomic E-state index is 12.3. The maximum atomic E-state index is 12.3. The van der Waals surface area contributed by atoms with Crippen molar-refractivity contribution in [2.75, 3.05) is 6.54 Å². The Morgan fingerprint density at radius 3 is 2.10 bits per heavy atom. The zero-order valence-corrected chi connectivity index (χ0v) is 25.9. The number of aliphatic hydroxyl groups is 1. The fourth-order valence-electron chi connectivity index (χ4n) is 5.70. The van der Waals surface area contributed by atoms with Crippen LogP contribution in [0.3, 0.4) is 0 Å². The van der Waals surface area contributed by atoms with Gasteiger partial charge in [-0.25, -0.2) is 9.79 Å². The third kappa shape index (κ3) is 9.70. The van der Waals surface area contributed by atoms with E-state index in [9.17, 15) is 9.90 Å². The van der Waals surface area contributed by atoms with Crippen molar-refractivity contribution in [1.82, 2.24) is 0 Å². The van der Waals surface area contributed by atoms with Gasteiger partial charge in [0.25, 0.3) is 0 Å². The number of guanidine groups is 1. The molecule has 222 valence electrons. The van der Waals surface area contributed by atoms with E-state index in [2.05, 4.69) is 32.7 Å². The van der Waals surface area contributed by atoms with E-state index < -0.39 is 17.7 Å². The number of rotatable bonds is 15. The molecule has 1 heterocycles. The maximum Gasteiger partial charge on any atom is 0.333 e. The van der Waals surface area contributed by atoms with Crippen LogP contribution < -0.4 is 20.9 Å². The van der Waals surface area contributed by atoms with Crippen molar-refractivity contribution in [2.24, 2.45) is 34.2 Å². The summed E-state index contributed by atoms with van der Waals surface area (Å²) >= 11 is 0. The minimum atomic E-state index is -0.646. The average molecular weight is 546 g/mol. The Hall–Kier alpha value is -2.28. The monoisotopic (exact) mass is 545 g/mol. The van der Waals surface area contributed by atoms with Crippen molar-refractivity contribution >= 4 is 11.9 Å². The number of esters is 1. The summed E-state index contributed by atoms with van der Waals surface area (Å²) in [5.41, 5.74) is 13.5. The standard InChI is InChI=1S/C32H55N3O4/c1-20(2)12-9-13-21(3)14-10-15-22(4)16-11-17-32(8)27(36)18-26-25(7)29(23(5)24(6)30(26)39-32)38-28(37)19-35-31(33)34/h20-22,27,36H,9-19H2,1-8H3,(H4,33,34,35). The van der Waals surface area contributed by atoms with Crippen molar-refractivity contribution in [3.8, 4) is 11.5 Å². The molecule has 1 aliphatic rings. The van der Waals surface area contributed by atoms with Gasteiger partial charge >= 0.3 is 5.97 Å². The first-order valence-electron chi connectivity index (χ1n) is 15.0. The lowest BCUT2D eigenvalue weighted by atomic mass is 9.81. The summed E-state index contributed by atoms with van der Waals surface area (Å²) in [5, 5.41) is 11.2. The lowest BCUT2D eigenvalue weighted by molar-refractivity contribution is -0.132. The second-order valence-corrected chi connectivity index (χ2v) is 12.7. The number of aliphatic hydroxyl groups excluding tert-OH is 1. The van der Waals surface area contributed by atoms with E-state index >= 15 is 0 Å². The Balaban J connectivity index is 1.94. The number of hydrogen-bond acceptors (Lipinski definition) is 5. The molecule has 7 nitrogen and oxygen atoms in total. The second-order valence-electron chi connectivity index (χ2n) is 12.7. The Kier molecular flexibility index (Phi) is 12.6. The highest BCUT2D eigenvalue weighted by Crippen LogP contribution is 2.45. The molecule has 1 aliphatic heterocycles. The topological polar surface area (TPSA) is 120 Å². The zero-order chi connectivity index (χ0) is 29.3. The summed E-state index contributed by atoms with van der Waals surface area (Å²) in [6, 6.07) is 0. The summed E-state index contributed by atoms with van der Waals surface area (Å²) in [7, 11) is 0. The Labute approximate surface area is 237 Å². The first-order chi connectivity index (χ1) is 18.2. The molecule has 0 spiro atoms. The molecule has 39 heavy (non-hydrogen) atoms. The molecular formula is C32H55N3O4. The Morgan fingerprint density at radius 2 is 1.54 bits per heavy atom. The second kappa shape index (κ2) is 14.9. The number of carbonyl (C=O) groups is 1. The van der Waals surface area contributed by atoms with Gasteiger partial charge in [0.15, 0.2) is 5.96 Å². The lowest BCUT2D eigenvalue weighted by Gasteiger charge is -2.42. The number of aliphatic imine (C=N–C) groups is 1. The van der Waals surface area contributed by atoms with E-state index in [1.54, 1.807) is 0 Å². The lowest BCUT2D eigenvalue weighted by Crippen LogP contribution is -2.49. The molecule has 2 rings (SSSR count). The van der Waals surface area contributed by atoms with Gasteiger partial charge in [-0.15, -0.1) is 0 Å². The molecule has 1 aromatic rings. The minimum Gasteiger partial charge on any atom is -0.484 e. The highest BCUT2D eigenvalue weighted by molar-refractivity contribution is 5.81. The molecule has 0 radical (unpaired) electrons. The summed E-state index contributed by atoms with van der Waals surface area (Å²) < 4.78 is 12.2. The molecule has 5 N–H and O–H groups in total. The summed E-state index contributed by atoms with van der Waals surface area (Å²) in [5.74, 6) is 2.90. The van der Waals surface area contributed by atoms with Crippen LogP contribution in [0.25, 0.3) is 0 Å². The molecule has 0 amide bonds. The van der Waals surface area contributed by atoms with Crippen molar-refractivity contribution in [3.63, 3.8) is 0 Å². The predicted molar refractivity (Wildman–Crippen MR) is 160 cm³/mol. The molecule has 0 fully saturated rings. The largest absolute Gasteiger partial charge is 0.484 e. The molecule has 0 saturated carbocycles. The molecule has 0 bridgehead atoms. The van der Waals surface area contributed by atoms with Crippen LogP contribution in [0.15, 0.2) is 4.99 Å². The van der Waals surface area contributed by atoms with Crippen LogP contribution in [0.2, 0.25) is 0 Å². The van der Waals surface area contributed by atoms with Crippen LogP contribution in [0.5, 0.6) is 11.5 Å². The fraction of sp³-hybridized carbons (Fsp3) is 0.750. The van der Waals surface area contributed by atoms with Crippen molar-refractivity contribution < 1.29 is 19.4 Å². The minimum absolute atomic E-state index is 0.158.